The second-order valence-electron chi connectivity index (χ2n) is 29.4. The molecule has 2 N–H and O–H groups in total. The molecule has 0 saturated heterocycles. The van der Waals surface area contributed by atoms with Crippen molar-refractivity contribution in [2.45, 2.75) is 12.4 Å². The van der Waals surface area contributed by atoms with E-state index in [0.29, 0.717) is 56.7 Å². The predicted octanol–water partition coefficient (Wildman–Crippen LogP) is 24.8. The van der Waals surface area contributed by atoms with E-state index in [0.717, 1.165) is 101 Å². The van der Waals surface area contributed by atoms with Crippen LogP contribution in [-0.4, -0.2) is 29.7 Å². The fourth-order valence-corrected chi connectivity index (χ4v) is 21.6. The van der Waals surface area contributed by atoms with Crippen LogP contribution in [0, 0.1) is 22.7 Å². The van der Waals surface area contributed by atoms with Crippen LogP contribution in [-0.2, 0) is 12.4 Å². The molecule has 121 heavy (non-hydrogen) atoms. The number of nitrogens with zero attached hydrogens (tertiary/aromatic N) is 8. The molecule has 17 aromatic rings. The maximum atomic E-state index is 14.4. The van der Waals surface area contributed by atoms with Crippen LogP contribution in [0.1, 0.15) is 33.4 Å². The van der Waals surface area contributed by atoms with E-state index in [-0.39, 0.29) is 28.3 Å². The molecule has 0 bridgehead atoms. The van der Waals surface area contributed by atoms with Crippen molar-refractivity contribution in [1.82, 2.24) is 9.97 Å². The number of anilines is 8. The molecule has 0 saturated carbocycles. The van der Waals surface area contributed by atoms with Gasteiger partial charge in [-0.3, -0.25) is 0 Å². The van der Waals surface area contributed by atoms with Crippen LogP contribution in [0.15, 0.2) is 398 Å². The van der Waals surface area contributed by atoms with Crippen molar-refractivity contribution in [1.29, 1.82) is 10.5 Å². The average Bonchev–Trinajstić information content (AvgIpc) is 1.40. The monoisotopic (exact) mass is 1600 g/mol. The lowest BCUT2D eigenvalue weighted by Crippen LogP contribution is -2.74. The van der Waals surface area contributed by atoms with Crippen molar-refractivity contribution >= 4 is 130 Å². The van der Waals surface area contributed by atoms with Gasteiger partial charge >= 0.3 is 12.4 Å². The first kappa shape index (κ1) is 75.2. The average molecular weight is 1600 g/mol. The zero-order valence-corrected chi connectivity index (χ0v) is 65.3. The number of aliphatic imine (C=N–C) groups is 2. The fraction of sp³-hybridized carbons (Fsp3) is 0.0192. The van der Waals surface area contributed by atoms with Gasteiger partial charge in [-0.25, -0.2) is 20.0 Å². The molecule has 0 amide bonds. The van der Waals surface area contributed by atoms with Crippen molar-refractivity contribution in [3.05, 3.63) is 422 Å². The van der Waals surface area contributed by atoms with Gasteiger partial charge < -0.3 is 20.4 Å². The second-order valence-corrected chi connectivity index (χ2v) is 33.3. The summed E-state index contributed by atoms with van der Waals surface area (Å²) in [5, 5.41) is 37.2. The molecule has 0 radical (unpaired) electrons. The highest BCUT2D eigenvalue weighted by Gasteiger charge is 2.42. The summed E-state index contributed by atoms with van der Waals surface area (Å²) in [5.74, 6) is 2.07. The Morgan fingerprint density at radius 3 is 1.11 bits per heavy atom. The summed E-state index contributed by atoms with van der Waals surface area (Å²) in [7, 11) is -2.70. The lowest BCUT2D eigenvalue weighted by Gasteiger charge is -2.34. The van der Waals surface area contributed by atoms with Crippen molar-refractivity contribution in [3.63, 3.8) is 0 Å². The lowest BCUT2D eigenvalue weighted by atomic mass is 9.91. The highest BCUT2D eigenvalue weighted by Crippen LogP contribution is 2.48. The van der Waals surface area contributed by atoms with Crippen molar-refractivity contribution in [2.24, 2.45) is 9.98 Å². The van der Waals surface area contributed by atoms with Gasteiger partial charge in [0.15, 0.2) is 19.7 Å². The Hall–Kier alpha value is -15.8. The van der Waals surface area contributed by atoms with Gasteiger partial charge in [-0.1, -0.05) is 249 Å². The van der Waals surface area contributed by atoms with E-state index in [9.17, 15) is 36.9 Å². The molecule has 17 heteroatoms. The number of nitriles is 2. The molecule has 19 rings (SSSR count). The van der Waals surface area contributed by atoms with Gasteiger partial charge in [-0.15, -0.1) is 0 Å². The van der Waals surface area contributed by atoms with Crippen LogP contribution in [0.25, 0.3) is 77.2 Å². The van der Waals surface area contributed by atoms with Crippen molar-refractivity contribution in [3.8, 4) is 56.6 Å². The molecule has 4 heterocycles. The van der Waals surface area contributed by atoms with Gasteiger partial charge in [0.2, 0.25) is 0 Å². The number of rotatable bonds is 18. The lowest BCUT2D eigenvalue weighted by molar-refractivity contribution is -0.142. The second kappa shape index (κ2) is 31.3. The third-order valence-electron chi connectivity index (χ3n) is 22.5. The number of nitrogens with one attached hydrogen (secondary N) is 2. The Balaban J connectivity index is 0.537. The Labute approximate surface area is 694 Å². The molecule has 578 valence electrons. The highest BCUT2D eigenvalue weighted by molar-refractivity contribution is 7.19. The zero-order chi connectivity index (χ0) is 82.4. The maximum absolute atomic E-state index is 14.4. The predicted molar refractivity (Wildman–Crippen MR) is 479 cm³/mol. The minimum atomic E-state index is -5.06. The largest absolute Gasteiger partial charge is 0.417 e. The molecular weight excluding hydrogens is 1530 g/mol. The van der Waals surface area contributed by atoms with Gasteiger partial charge in [0, 0.05) is 90.9 Å². The number of allylic oxidation sites excluding steroid dienone is 2. The van der Waals surface area contributed by atoms with Gasteiger partial charge in [0.1, 0.15) is 23.8 Å². The first-order chi connectivity index (χ1) is 59.1. The van der Waals surface area contributed by atoms with Crippen LogP contribution in [0.3, 0.4) is 0 Å². The summed E-state index contributed by atoms with van der Waals surface area (Å²) in [6.07, 6.45) is -6.46. The molecule has 0 aliphatic carbocycles. The molecule has 0 unspecified atom stereocenters. The third kappa shape index (κ3) is 14.2. The molecule has 15 aromatic carbocycles. The molecule has 2 aromatic heterocycles. The molecule has 2 aliphatic heterocycles. The quantitative estimate of drug-likeness (QED) is 0.0286. The smallest absolute Gasteiger partial charge is 0.339 e. The van der Waals surface area contributed by atoms with Gasteiger partial charge in [-0.05, 0) is 203 Å². The molecule has 2 aliphatic rings. The Bertz CT molecular complexity index is 6890. The van der Waals surface area contributed by atoms with E-state index in [1.165, 1.54) is 26.8 Å². The first-order valence-corrected chi connectivity index (χ1v) is 41.1. The first-order valence-electron chi connectivity index (χ1n) is 39.1. The third-order valence-corrected chi connectivity index (χ3v) is 27.3. The number of para-hydroxylation sites is 2. The molecular formula is C104H66F6N10Si. The van der Waals surface area contributed by atoms with Crippen LogP contribution >= 0.6 is 0 Å². The number of halogens is 6. The van der Waals surface area contributed by atoms with E-state index in [2.05, 4.69) is 207 Å². The number of amidine groups is 2. The minimum absolute atomic E-state index is 0.127. The van der Waals surface area contributed by atoms with E-state index in [1.54, 1.807) is 36.5 Å². The standard InChI is InChI=1S/C104H66F6N10Si/c105-103(106,107)74-44-55-87(94(62-74)104(108,109)110)86-56-57-91-100-89(86)29-17-31-95(100)115-102(91)118-98-61-43-73(66-114-98)68-34-47-78(48-35-68)120(76-20-8-2-9-21-76)80-51-38-71(39-52-80)93(64-112)92(63-111)70-36-49-79(50-37-70)119(75-18-6-1-7-19-75)77-45-32-67(33-46-77)72-42-60-97(113-65-72)117-101-90-30-16-28-88-85(58-59-96(116-101)99(88)90)69-40-53-84(54-41-69)121(81-22-10-3-11-23-81,82-24-12-4-13-25-82)83-26-14-5-15-27-83/h1-62,65-66H,(H,113,116,117)(H,114,115,118)/b93-92+. The summed E-state index contributed by atoms with van der Waals surface area (Å²) in [4.78, 5) is 23.7. The van der Waals surface area contributed by atoms with E-state index < -0.39 is 31.6 Å². The molecule has 10 nitrogen and oxygen atoms in total. The Kier molecular flexibility index (Phi) is 19.5. The summed E-state index contributed by atoms with van der Waals surface area (Å²) in [6.45, 7) is 0. The van der Waals surface area contributed by atoms with Crippen molar-refractivity contribution < 1.29 is 26.3 Å². The number of alkyl halides is 6. The Morgan fingerprint density at radius 1 is 0.314 bits per heavy atom. The Morgan fingerprint density at radius 2 is 0.678 bits per heavy atom. The molecule has 0 spiro atoms. The summed E-state index contributed by atoms with van der Waals surface area (Å²) in [5.41, 5.74) is 12.8. The molecule has 0 fully saturated rings. The molecule has 0 atom stereocenters. The van der Waals surface area contributed by atoms with E-state index >= 15 is 0 Å². The minimum Gasteiger partial charge on any atom is -0.339 e. The van der Waals surface area contributed by atoms with Crippen LogP contribution in [0.4, 0.5) is 83.5 Å². The summed E-state index contributed by atoms with van der Waals surface area (Å²) in [6, 6.07) is 127. The van der Waals surface area contributed by atoms with Crippen LogP contribution in [0.2, 0.25) is 0 Å². The normalized spacial score (nSPS) is 13.2. The number of benzene rings is 15. The summed E-state index contributed by atoms with van der Waals surface area (Å²) >= 11 is 0. The van der Waals surface area contributed by atoms with Gasteiger partial charge in [0.05, 0.1) is 22.3 Å². The maximum Gasteiger partial charge on any atom is 0.417 e. The van der Waals surface area contributed by atoms with Crippen LogP contribution < -0.4 is 41.2 Å². The van der Waals surface area contributed by atoms with Crippen molar-refractivity contribution in [2.75, 3.05) is 20.4 Å². The topological polar surface area (TPSA) is 129 Å². The fourth-order valence-electron chi connectivity index (χ4n) is 16.8. The van der Waals surface area contributed by atoms with Gasteiger partial charge in [-0.2, -0.15) is 36.9 Å². The van der Waals surface area contributed by atoms with E-state index in [4.69, 9.17) is 15.0 Å². The SMILES string of the molecule is N#C/C(=C(/C#N)c1ccc(N(c2ccccc2)c2ccc(-c3ccc(N=C4Nc5cccc6c(-c7ccc(C(F)(F)F)cc7C(F)(F)F)ccc4c56)nc3)cc2)cc1)c1ccc(N(c2ccccc2)c2ccc(-c3ccc(N=C4Nc5ccc(-c6ccc([Si](c7ccccc7)(c7ccccc7)c7ccccc7)cc6)c6cccc4c56)nc3)cc2)cc1. The van der Waals surface area contributed by atoms with Gasteiger partial charge in [0.25, 0.3) is 0 Å². The van der Waals surface area contributed by atoms with E-state index in [1.807, 2.05) is 158 Å². The number of aromatic nitrogens is 2. The zero-order valence-electron chi connectivity index (χ0n) is 64.3. The van der Waals surface area contributed by atoms with Crippen LogP contribution in [0.5, 0.6) is 0 Å². The number of hydrogen-bond acceptors (Lipinski definition) is 8. The number of hydrogen-bond donors (Lipinski definition) is 2. The number of pyridine rings is 2. The summed E-state index contributed by atoms with van der Waals surface area (Å²) < 4.78 is 84.0. The highest BCUT2D eigenvalue weighted by atomic mass is 28.3.